The van der Waals surface area contributed by atoms with Gasteiger partial charge in [0.1, 0.15) is 0 Å². The van der Waals surface area contributed by atoms with E-state index in [1.165, 1.54) is 0 Å². The fourth-order valence-electron chi connectivity index (χ4n) is 3.97. The summed E-state index contributed by atoms with van der Waals surface area (Å²) in [4.78, 5) is 19.2. The average molecular weight is 428 g/mol. The molecule has 32 heavy (non-hydrogen) atoms. The van der Waals surface area contributed by atoms with E-state index in [1.807, 2.05) is 71.8 Å². The van der Waals surface area contributed by atoms with Gasteiger partial charge >= 0.3 is 0 Å². The number of morpholine rings is 1. The van der Waals surface area contributed by atoms with Gasteiger partial charge in [0.05, 0.1) is 30.6 Å². The second kappa shape index (κ2) is 9.30. The second-order valence-corrected chi connectivity index (χ2v) is 7.81. The summed E-state index contributed by atoms with van der Waals surface area (Å²) < 4.78 is 7.17. The number of rotatable bonds is 6. The van der Waals surface area contributed by atoms with Gasteiger partial charge in [0.15, 0.2) is 0 Å². The monoisotopic (exact) mass is 427 g/mol. The van der Waals surface area contributed by atoms with Gasteiger partial charge in [-0.1, -0.05) is 18.2 Å². The lowest BCUT2D eigenvalue weighted by molar-refractivity contribution is 0.0383. The van der Waals surface area contributed by atoms with E-state index in [9.17, 15) is 4.79 Å². The first kappa shape index (κ1) is 20.4. The molecule has 4 aromatic rings. The average Bonchev–Trinajstić information content (AvgIpc) is 3.34. The summed E-state index contributed by atoms with van der Waals surface area (Å²) in [6.45, 7) is 4.84. The number of carbonyl (C=O) groups excluding carboxylic acids is 1. The Labute approximate surface area is 186 Å². The van der Waals surface area contributed by atoms with Crippen LogP contribution in [0.2, 0.25) is 0 Å². The standard InChI is InChI=1S/C25H25N5O2/c31-25(27-11-12-29-13-15-32-16-14-29)19-5-7-21(8-6-19)30-18-20(17-28-30)22-9-10-26-24-4-2-1-3-23(22)24/h1-10,17-18H,11-16H2,(H,27,31). The molecule has 2 aromatic heterocycles. The quantitative estimate of drug-likeness (QED) is 0.512. The maximum absolute atomic E-state index is 12.5. The van der Waals surface area contributed by atoms with Crippen molar-refractivity contribution in [3.63, 3.8) is 0 Å². The first-order chi connectivity index (χ1) is 15.8. The molecule has 0 unspecified atom stereocenters. The van der Waals surface area contributed by atoms with Gasteiger partial charge in [-0.15, -0.1) is 0 Å². The number of aromatic nitrogens is 3. The summed E-state index contributed by atoms with van der Waals surface area (Å²) in [6.07, 6.45) is 5.68. The van der Waals surface area contributed by atoms with Crippen LogP contribution in [0.3, 0.4) is 0 Å². The third-order valence-electron chi connectivity index (χ3n) is 5.75. The molecular weight excluding hydrogens is 402 g/mol. The van der Waals surface area contributed by atoms with Crippen LogP contribution in [0.5, 0.6) is 0 Å². The van der Waals surface area contributed by atoms with E-state index < -0.39 is 0 Å². The Morgan fingerprint density at radius 3 is 2.69 bits per heavy atom. The number of fused-ring (bicyclic) bond motifs is 1. The zero-order valence-corrected chi connectivity index (χ0v) is 17.8. The highest BCUT2D eigenvalue weighted by molar-refractivity contribution is 5.95. The van der Waals surface area contributed by atoms with Crippen LogP contribution in [-0.2, 0) is 4.74 Å². The van der Waals surface area contributed by atoms with Gasteiger partial charge in [-0.05, 0) is 42.0 Å². The van der Waals surface area contributed by atoms with Crippen LogP contribution in [0.15, 0.2) is 73.2 Å². The Kier molecular flexibility index (Phi) is 5.91. The third-order valence-corrected chi connectivity index (χ3v) is 5.75. The second-order valence-electron chi connectivity index (χ2n) is 7.81. The molecule has 162 valence electrons. The molecule has 3 heterocycles. The van der Waals surface area contributed by atoms with Gasteiger partial charge in [-0.3, -0.25) is 14.7 Å². The van der Waals surface area contributed by atoms with Crippen LogP contribution >= 0.6 is 0 Å². The zero-order valence-electron chi connectivity index (χ0n) is 17.8. The Hall–Kier alpha value is -3.55. The molecule has 2 aromatic carbocycles. The van der Waals surface area contributed by atoms with Gasteiger partial charge in [0, 0.05) is 55.1 Å². The van der Waals surface area contributed by atoms with Gasteiger partial charge in [0.25, 0.3) is 5.91 Å². The molecule has 1 fully saturated rings. The predicted molar refractivity (Wildman–Crippen MR) is 124 cm³/mol. The van der Waals surface area contributed by atoms with Crippen LogP contribution in [-0.4, -0.2) is 65.0 Å². The Morgan fingerprint density at radius 1 is 1.03 bits per heavy atom. The highest BCUT2D eigenvalue weighted by Gasteiger charge is 2.12. The van der Waals surface area contributed by atoms with Gasteiger partial charge < -0.3 is 10.1 Å². The maximum atomic E-state index is 12.5. The molecule has 0 saturated carbocycles. The van der Waals surface area contributed by atoms with Crippen LogP contribution < -0.4 is 5.32 Å². The summed E-state index contributed by atoms with van der Waals surface area (Å²) >= 11 is 0. The fraction of sp³-hybridized carbons (Fsp3) is 0.240. The molecule has 0 atom stereocenters. The van der Waals surface area contributed by atoms with E-state index in [4.69, 9.17) is 4.74 Å². The van der Waals surface area contributed by atoms with E-state index in [2.05, 4.69) is 26.4 Å². The molecule has 1 aliphatic rings. The number of hydrogen-bond acceptors (Lipinski definition) is 5. The summed E-state index contributed by atoms with van der Waals surface area (Å²) in [6, 6.07) is 17.6. The number of nitrogens with zero attached hydrogens (tertiary/aromatic N) is 4. The number of para-hydroxylation sites is 1. The Bertz CT molecular complexity index is 1210. The van der Waals surface area contributed by atoms with Crippen molar-refractivity contribution in [2.45, 2.75) is 0 Å². The first-order valence-electron chi connectivity index (χ1n) is 10.9. The van der Waals surface area contributed by atoms with Gasteiger partial charge in [0.2, 0.25) is 0 Å². The van der Waals surface area contributed by atoms with Crippen LogP contribution in [0.4, 0.5) is 0 Å². The van der Waals surface area contributed by atoms with E-state index >= 15 is 0 Å². The molecule has 1 aliphatic heterocycles. The number of nitrogens with one attached hydrogen (secondary N) is 1. The van der Waals surface area contributed by atoms with Crippen molar-refractivity contribution in [3.05, 3.63) is 78.8 Å². The lowest BCUT2D eigenvalue weighted by Gasteiger charge is -2.26. The molecule has 0 radical (unpaired) electrons. The fourth-order valence-corrected chi connectivity index (χ4v) is 3.97. The Morgan fingerprint density at radius 2 is 1.84 bits per heavy atom. The highest BCUT2D eigenvalue weighted by atomic mass is 16.5. The molecule has 1 N–H and O–H groups in total. The van der Waals surface area contributed by atoms with Crippen molar-refractivity contribution in [2.24, 2.45) is 0 Å². The topological polar surface area (TPSA) is 72.3 Å². The predicted octanol–water partition coefficient (Wildman–Crippen LogP) is 3.15. The molecule has 1 amide bonds. The normalized spacial score (nSPS) is 14.5. The number of amides is 1. The molecule has 0 aliphatic carbocycles. The van der Waals surface area contributed by atoms with Crippen LogP contribution in [0.25, 0.3) is 27.7 Å². The summed E-state index contributed by atoms with van der Waals surface area (Å²) in [5.74, 6) is -0.0609. The maximum Gasteiger partial charge on any atom is 0.251 e. The number of benzene rings is 2. The van der Waals surface area contributed by atoms with E-state index in [0.29, 0.717) is 12.1 Å². The summed E-state index contributed by atoms with van der Waals surface area (Å²) in [5.41, 5.74) is 4.62. The largest absolute Gasteiger partial charge is 0.379 e. The van der Waals surface area contributed by atoms with Crippen molar-refractivity contribution in [2.75, 3.05) is 39.4 Å². The van der Waals surface area contributed by atoms with E-state index in [1.54, 1.807) is 0 Å². The molecule has 1 saturated heterocycles. The summed E-state index contributed by atoms with van der Waals surface area (Å²) in [5, 5.41) is 8.62. The Balaban J connectivity index is 1.25. The van der Waals surface area contributed by atoms with Crippen molar-refractivity contribution in [1.29, 1.82) is 0 Å². The van der Waals surface area contributed by atoms with Crippen molar-refractivity contribution in [1.82, 2.24) is 25.0 Å². The van der Waals surface area contributed by atoms with E-state index in [0.717, 1.165) is 60.6 Å². The first-order valence-corrected chi connectivity index (χ1v) is 10.9. The molecular formula is C25H25N5O2. The minimum absolute atomic E-state index is 0.0609. The number of carbonyl (C=O) groups is 1. The third kappa shape index (κ3) is 4.39. The van der Waals surface area contributed by atoms with Crippen molar-refractivity contribution in [3.8, 4) is 16.8 Å². The zero-order chi connectivity index (χ0) is 21.8. The van der Waals surface area contributed by atoms with Gasteiger partial charge in [-0.25, -0.2) is 4.68 Å². The summed E-state index contributed by atoms with van der Waals surface area (Å²) in [7, 11) is 0. The lowest BCUT2D eigenvalue weighted by Crippen LogP contribution is -2.41. The minimum Gasteiger partial charge on any atom is -0.379 e. The van der Waals surface area contributed by atoms with Crippen LogP contribution in [0, 0.1) is 0 Å². The van der Waals surface area contributed by atoms with Crippen molar-refractivity contribution >= 4 is 16.8 Å². The lowest BCUT2D eigenvalue weighted by atomic mass is 10.0. The van der Waals surface area contributed by atoms with E-state index in [-0.39, 0.29) is 5.91 Å². The number of hydrogen-bond donors (Lipinski definition) is 1. The van der Waals surface area contributed by atoms with Gasteiger partial charge in [-0.2, -0.15) is 5.10 Å². The highest BCUT2D eigenvalue weighted by Crippen LogP contribution is 2.27. The smallest absolute Gasteiger partial charge is 0.251 e. The molecule has 5 rings (SSSR count). The molecule has 0 bridgehead atoms. The molecule has 7 nitrogen and oxygen atoms in total. The van der Waals surface area contributed by atoms with Crippen LogP contribution in [0.1, 0.15) is 10.4 Å². The van der Waals surface area contributed by atoms with Crippen molar-refractivity contribution < 1.29 is 9.53 Å². The number of pyridine rings is 1. The number of ether oxygens (including phenoxy) is 1. The molecule has 7 heteroatoms. The minimum atomic E-state index is -0.0609. The SMILES string of the molecule is O=C(NCCN1CCOCC1)c1ccc(-n2cc(-c3ccnc4ccccc34)cn2)cc1. The molecule has 0 spiro atoms.